The van der Waals surface area contributed by atoms with Gasteiger partial charge in [-0.1, -0.05) is 6.07 Å². The van der Waals surface area contributed by atoms with Crippen molar-refractivity contribution < 1.29 is 9.47 Å². The minimum atomic E-state index is -0.169. The molecule has 130 valence electrons. The van der Waals surface area contributed by atoms with Gasteiger partial charge in [-0.05, 0) is 31.7 Å². The van der Waals surface area contributed by atoms with E-state index in [1.165, 1.54) is 16.9 Å². The van der Waals surface area contributed by atoms with E-state index < -0.39 is 0 Å². The number of aromatic amines is 1. The minimum absolute atomic E-state index is 0.121. The molecule has 0 unspecified atom stereocenters. The molecule has 0 aliphatic carbocycles. The van der Waals surface area contributed by atoms with Gasteiger partial charge in [-0.2, -0.15) is 4.52 Å². The molecule has 0 bridgehead atoms. The van der Waals surface area contributed by atoms with Crippen LogP contribution in [0.1, 0.15) is 24.2 Å². The van der Waals surface area contributed by atoms with Crippen LogP contribution >= 0.6 is 0 Å². The summed E-state index contributed by atoms with van der Waals surface area (Å²) in [5, 5.41) is 2.74. The molecule has 4 rings (SSSR count). The Kier molecular flexibility index (Phi) is 3.89. The summed E-state index contributed by atoms with van der Waals surface area (Å²) in [5.41, 5.74) is 1.63. The van der Waals surface area contributed by atoms with E-state index in [9.17, 15) is 4.79 Å². The lowest BCUT2D eigenvalue weighted by atomic mass is 10.1. The van der Waals surface area contributed by atoms with E-state index in [-0.39, 0.29) is 11.6 Å². The number of ether oxygens (including phenoxy) is 2. The molecule has 1 atom stereocenters. The SMILES string of the molecule is C[C@@H](c1ccc2c(c1)OCCO2)N(C)Cc1cc(=O)n2[nH]cnc2n1. The van der Waals surface area contributed by atoms with Crippen molar-refractivity contribution in [3.8, 4) is 11.5 Å². The zero-order chi connectivity index (χ0) is 17.4. The van der Waals surface area contributed by atoms with Gasteiger partial charge < -0.3 is 9.47 Å². The first-order valence-electron chi connectivity index (χ1n) is 8.13. The van der Waals surface area contributed by atoms with E-state index in [2.05, 4.69) is 26.9 Å². The predicted molar refractivity (Wildman–Crippen MR) is 90.9 cm³/mol. The van der Waals surface area contributed by atoms with E-state index in [1.54, 1.807) is 0 Å². The number of H-pyrrole nitrogens is 1. The second-order valence-electron chi connectivity index (χ2n) is 6.10. The van der Waals surface area contributed by atoms with Gasteiger partial charge in [0.25, 0.3) is 11.3 Å². The molecule has 1 aromatic carbocycles. The third kappa shape index (κ3) is 2.96. The number of hydrogen-bond donors (Lipinski definition) is 1. The van der Waals surface area contributed by atoms with E-state index in [0.29, 0.717) is 31.2 Å². The summed E-state index contributed by atoms with van der Waals surface area (Å²) in [6, 6.07) is 7.63. The van der Waals surface area contributed by atoms with Crippen molar-refractivity contribution in [2.45, 2.75) is 19.5 Å². The van der Waals surface area contributed by atoms with E-state index >= 15 is 0 Å². The zero-order valence-corrected chi connectivity index (χ0v) is 14.1. The quantitative estimate of drug-likeness (QED) is 0.772. The summed E-state index contributed by atoms with van der Waals surface area (Å²) in [7, 11) is 2.00. The lowest BCUT2D eigenvalue weighted by molar-refractivity contribution is 0.170. The molecular formula is C17H19N5O3. The first-order chi connectivity index (χ1) is 12.1. The number of aromatic nitrogens is 4. The van der Waals surface area contributed by atoms with Crippen LogP contribution in [0.3, 0.4) is 0 Å². The van der Waals surface area contributed by atoms with Gasteiger partial charge in [-0.3, -0.25) is 14.8 Å². The summed E-state index contributed by atoms with van der Waals surface area (Å²) in [5.74, 6) is 1.93. The minimum Gasteiger partial charge on any atom is -0.486 e. The molecule has 0 radical (unpaired) electrons. The molecule has 0 amide bonds. The highest BCUT2D eigenvalue weighted by atomic mass is 16.6. The van der Waals surface area contributed by atoms with Crippen molar-refractivity contribution in [3.05, 3.63) is 52.2 Å². The van der Waals surface area contributed by atoms with Crippen LogP contribution in [-0.2, 0) is 6.54 Å². The number of nitrogens with one attached hydrogen (secondary N) is 1. The van der Waals surface area contributed by atoms with Gasteiger partial charge in [0.15, 0.2) is 11.5 Å². The fourth-order valence-electron chi connectivity index (χ4n) is 2.92. The molecule has 1 aliphatic heterocycles. The molecule has 3 heterocycles. The average Bonchev–Trinajstić information content (AvgIpc) is 3.09. The highest BCUT2D eigenvalue weighted by Crippen LogP contribution is 2.33. The van der Waals surface area contributed by atoms with Crippen molar-refractivity contribution in [3.63, 3.8) is 0 Å². The second kappa shape index (κ2) is 6.21. The Bertz CT molecular complexity index is 964. The van der Waals surface area contributed by atoms with Crippen LogP contribution in [0.15, 0.2) is 35.4 Å². The smallest absolute Gasteiger partial charge is 0.274 e. The highest BCUT2D eigenvalue weighted by Gasteiger charge is 2.18. The summed E-state index contributed by atoms with van der Waals surface area (Å²) in [6.07, 6.45) is 1.45. The summed E-state index contributed by atoms with van der Waals surface area (Å²) < 4.78 is 12.5. The fourth-order valence-corrected chi connectivity index (χ4v) is 2.92. The molecule has 2 aromatic heterocycles. The Balaban J connectivity index is 1.55. The molecule has 0 saturated carbocycles. The highest BCUT2D eigenvalue weighted by molar-refractivity contribution is 5.44. The predicted octanol–water partition coefficient (Wildman–Crippen LogP) is 1.38. The molecule has 0 spiro atoms. The van der Waals surface area contributed by atoms with Crippen LogP contribution in [0.2, 0.25) is 0 Å². The molecule has 0 saturated heterocycles. The van der Waals surface area contributed by atoms with E-state index in [4.69, 9.17) is 9.47 Å². The molecule has 3 aromatic rings. The Hall–Kier alpha value is -2.87. The maximum absolute atomic E-state index is 12.0. The first-order valence-corrected chi connectivity index (χ1v) is 8.13. The van der Waals surface area contributed by atoms with Gasteiger partial charge in [0, 0.05) is 18.7 Å². The lowest BCUT2D eigenvalue weighted by Gasteiger charge is -2.26. The van der Waals surface area contributed by atoms with Gasteiger partial charge >= 0.3 is 0 Å². The normalized spacial score (nSPS) is 14.8. The third-order valence-corrected chi connectivity index (χ3v) is 4.44. The number of hydrogen-bond acceptors (Lipinski definition) is 6. The van der Waals surface area contributed by atoms with Gasteiger partial charge in [-0.25, -0.2) is 9.97 Å². The number of fused-ring (bicyclic) bond motifs is 2. The maximum Gasteiger partial charge on any atom is 0.274 e. The van der Waals surface area contributed by atoms with Gasteiger partial charge in [0.2, 0.25) is 0 Å². The second-order valence-corrected chi connectivity index (χ2v) is 6.10. The van der Waals surface area contributed by atoms with Crippen LogP contribution in [-0.4, -0.2) is 44.7 Å². The molecule has 1 N–H and O–H groups in total. The Morgan fingerprint density at radius 2 is 2.08 bits per heavy atom. The Morgan fingerprint density at radius 3 is 2.92 bits per heavy atom. The van der Waals surface area contributed by atoms with Crippen LogP contribution in [0, 0.1) is 0 Å². The Morgan fingerprint density at radius 1 is 1.28 bits per heavy atom. The largest absolute Gasteiger partial charge is 0.486 e. The monoisotopic (exact) mass is 341 g/mol. The maximum atomic E-state index is 12.0. The number of rotatable bonds is 4. The van der Waals surface area contributed by atoms with Gasteiger partial charge in [0.1, 0.15) is 19.5 Å². The number of benzene rings is 1. The van der Waals surface area contributed by atoms with E-state index in [0.717, 1.165) is 17.1 Å². The zero-order valence-electron chi connectivity index (χ0n) is 14.1. The molecule has 8 heteroatoms. The fraction of sp³-hybridized carbons (Fsp3) is 0.353. The van der Waals surface area contributed by atoms with Gasteiger partial charge in [-0.15, -0.1) is 0 Å². The van der Waals surface area contributed by atoms with Crippen molar-refractivity contribution in [2.24, 2.45) is 0 Å². The summed E-state index contributed by atoms with van der Waals surface area (Å²) >= 11 is 0. The van der Waals surface area contributed by atoms with E-state index in [1.807, 2.05) is 25.2 Å². The lowest BCUT2D eigenvalue weighted by Crippen LogP contribution is -2.25. The standard InChI is InChI=1S/C17H19N5O3/c1-11(12-3-4-14-15(7-12)25-6-5-24-14)21(2)9-13-8-16(23)22-17(20-13)18-10-19-22/h3-4,7-8,10-11H,5-6,9H2,1-2H3,(H,18,19,20)/t11-/m0/s1. The number of nitrogens with zero attached hydrogens (tertiary/aromatic N) is 4. The van der Waals surface area contributed by atoms with Crippen molar-refractivity contribution in [2.75, 3.05) is 20.3 Å². The molecule has 25 heavy (non-hydrogen) atoms. The van der Waals surface area contributed by atoms with Gasteiger partial charge in [0.05, 0.1) is 5.69 Å². The summed E-state index contributed by atoms with van der Waals surface area (Å²) in [6.45, 7) is 3.79. The topological polar surface area (TPSA) is 84.8 Å². The van der Waals surface area contributed by atoms with Crippen molar-refractivity contribution >= 4 is 5.78 Å². The molecule has 0 fully saturated rings. The molecular weight excluding hydrogens is 322 g/mol. The van der Waals surface area contributed by atoms with Crippen LogP contribution in [0.4, 0.5) is 0 Å². The summed E-state index contributed by atoms with van der Waals surface area (Å²) in [4.78, 5) is 22.6. The van der Waals surface area contributed by atoms with Crippen molar-refractivity contribution in [1.82, 2.24) is 24.5 Å². The Labute approximate surface area is 144 Å². The molecule has 8 nitrogen and oxygen atoms in total. The van der Waals surface area contributed by atoms with Crippen LogP contribution in [0.25, 0.3) is 5.78 Å². The van der Waals surface area contributed by atoms with Crippen LogP contribution < -0.4 is 15.0 Å². The average molecular weight is 341 g/mol. The van der Waals surface area contributed by atoms with Crippen molar-refractivity contribution in [1.29, 1.82) is 0 Å². The molecule has 1 aliphatic rings. The first kappa shape index (κ1) is 15.6. The van der Waals surface area contributed by atoms with Crippen LogP contribution in [0.5, 0.6) is 11.5 Å². The third-order valence-electron chi connectivity index (χ3n) is 4.44.